The molecule has 1 aliphatic rings. The van der Waals surface area contributed by atoms with Crippen LogP contribution < -0.4 is 5.32 Å². The van der Waals surface area contributed by atoms with Gasteiger partial charge in [-0.05, 0) is 13.8 Å². The van der Waals surface area contributed by atoms with Crippen LogP contribution in [0, 0.1) is 5.41 Å². The number of hydrogen-bond acceptors (Lipinski definition) is 5. The third-order valence-electron chi connectivity index (χ3n) is 3.18. The molecule has 0 aromatic carbocycles. The van der Waals surface area contributed by atoms with Crippen LogP contribution in [-0.4, -0.2) is 63.3 Å². The zero-order chi connectivity index (χ0) is 14.3. The first-order valence-corrected chi connectivity index (χ1v) is 6.62. The van der Waals surface area contributed by atoms with Gasteiger partial charge >= 0.3 is 5.97 Å². The van der Waals surface area contributed by atoms with Crippen molar-refractivity contribution in [1.29, 1.82) is 0 Å². The van der Waals surface area contributed by atoms with Crippen LogP contribution in [0.25, 0.3) is 0 Å². The highest BCUT2D eigenvalue weighted by molar-refractivity contribution is 5.77. The van der Waals surface area contributed by atoms with Crippen LogP contribution in [0.5, 0.6) is 0 Å². The van der Waals surface area contributed by atoms with Crippen LogP contribution in [-0.2, 0) is 19.1 Å². The lowest BCUT2D eigenvalue weighted by Crippen LogP contribution is -2.42. The molecule has 0 spiro atoms. The molecule has 0 aromatic rings. The third-order valence-corrected chi connectivity index (χ3v) is 3.18. The van der Waals surface area contributed by atoms with E-state index >= 15 is 0 Å². The fraction of sp³-hybridized carbons (Fsp3) is 0.846. The SMILES string of the molecule is COC(=O)C(C)(C)CNCCC(=O)N1CCOCC1. The molecule has 110 valence electrons. The van der Waals surface area contributed by atoms with E-state index in [1.54, 1.807) is 0 Å². The highest BCUT2D eigenvalue weighted by Gasteiger charge is 2.28. The van der Waals surface area contributed by atoms with Crippen molar-refractivity contribution in [3.8, 4) is 0 Å². The second-order valence-corrected chi connectivity index (χ2v) is 5.30. The molecule has 1 rings (SSSR count). The molecule has 0 unspecified atom stereocenters. The molecule has 6 heteroatoms. The van der Waals surface area contributed by atoms with Crippen molar-refractivity contribution >= 4 is 11.9 Å². The molecule has 1 N–H and O–H groups in total. The van der Waals surface area contributed by atoms with Gasteiger partial charge in [0, 0.05) is 32.6 Å². The molecule has 0 saturated carbocycles. The number of ether oxygens (including phenoxy) is 2. The molecule has 0 atom stereocenters. The van der Waals surface area contributed by atoms with Gasteiger partial charge in [0.2, 0.25) is 5.91 Å². The van der Waals surface area contributed by atoms with Gasteiger partial charge in [-0.2, -0.15) is 0 Å². The van der Waals surface area contributed by atoms with Crippen molar-refractivity contribution in [2.24, 2.45) is 5.41 Å². The Bertz CT molecular complexity index is 312. The molecule has 0 aliphatic carbocycles. The summed E-state index contributed by atoms with van der Waals surface area (Å²) in [6.07, 6.45) is 0.442. The van der Waals surface area contributed by atoms with Crippen molar-refractivity contribution < 1.29 is 19.1 Å². The van der Waals surface area contributed by atoms with E-state index in [-0.39, 0.29) is 11.9 Å². The summed E-state index contributed by atoms with van der Waals surface area (Å²) in [6.45, 7) is 7.28. The summed E-state index contributed by atoms with van der Waals surface area (Å²) in [6, 6.07) is 0. The second kappa shape index (κ2) is 7.45. The van der Waals surface area contributed by atoms with E-state index in [0.29, 0.717) is 45.8 Å². The fourth-order valence-electron chi connectivity index (χ4n) is 1.92. The minimum atomic E-state index is -0.573. The Morgan fingerprint density at radius 2 is 1.95 bits per heavy atom. The predicted octanol–water partition coefficient (Wildman–Crippen LogP) is 0.0241. The minimum Gasteiger partial charge on any atom is -0.469 e. The van der Waals surface area contributed by atoms with E-state index in [1.165, 1.54) is 7.11 Å². The van der Waals surface area contributed by atoms with Crippen molar-refractivity contribution in [2.75, 3.05) is 46.5 Å². The zero-order valence-electron chi connectivity index (χ0n) is 12.0. The summed E-state index contributed by atoms with van der Waals surface area (Å²) < 4.78 is 9.92. The maximum atomic E-state index is 11.9. The third kappa shape index (κ3) is 5.16. The number of carbonyl (C=O) groups is 2. The molecule has 0 radical (unpaired) electrons. The van der Waals surface area contributed by atoms with Crippen LogP contribution in [0.2, 0.25) is 0 Å². The Morgan fingerprint density at radius 1 is 1.32 bits per heavy atom. The van der Waals surface area contributed by atoms with Gasteiger partial charge in [0.15, 0.2) is 0 Å². The summed E-state index contributed by atoms with van der Waals surface area (Å²) in [4.78, 5) is 25.1. The van der Waals surface area contributed by atoms with Crippen LogP contribution >= 0.6 is 0 Å². The smallest absolute Gasteiger partial charge is 0.312 e. The fourth-order valence-corrected chi connectivity index (χ4v) is 1.92. The Labute approximate surface area is 114 Å². The maximum Gasteiger partial charge on any atom is 0.312 e. The Morgan fingerprint density at radius 3 is 2.53 bits per heavy atom. The molecule has 6 nitrogen and oxygen atoms in total. The maximum absolute atomic E-state index is 11.9. The molecular formula is C13H24N2O4. The summed E-state index contributed by atoms with van der Waals surface area (Å²) in [5, 5.41) is 3.13. The monoisotopic (exact) mass is 272 g/mol. The number of amides is 1. The van der Waals surface area contributed by atoms with Crippen LogP contribution in [0.1, 0.15) is 20.3 Å². The first-order chi connectivity index (χ1) is 8.97. The molecule has 0 bridgehead atoms. The predicted molar refractivity (Wildman–Crippen MR) is 70.7 cm³/mol. The average molecular weight is 272 g/mol. The molecule has 1 amide bonds. The normalized spacial score (nSPS) is 16.3. The highest BCUT2D eigenvalue weighted by Crippen LogP contribution is 2.15. The lowest BCUT2D eigenvalue weighted by Gasteiger charge is -2.27. The lowest BCUT2D eigenvalue weighted by molar-refractivity contribution is -0.150. The van der Waals surface area contributed by atoms with Crippen molar-refractivity contribution in [2.45, 2.75) is 20.3 Å². The van der Waals surface area contributed by atoms with Gasteiger partial charge in [0.05, 0.1) is 25.7 Å². The number of morpholine rings is 1. The standard InChI is InChI=1S/C13H24N2O4/c1-13(2,12(17)18-3)10-14-5-4-11(16)15-6-8-19-9-7-15/h14H,4-10H2,1-3H3. The molecular weight excluding hydrogens is 248 g/mol. The Balaban J connectivity index is 2.19. The van der Waals surface area contributed by atoms with Gasteiger partial charge in [-0.25, -0.2) is 0 Å². The Kier molecular flexibility index (Phi) is 6.24. The summed E-state index contributed by atoms with van der Waals surface area (Å²) in [7, 11) is 1.38. The summed E-state index contributed by atoms with van der Waals surface area (Å²) >= 11 is 0. The van der Waals surface area contributed by atoms with Gasteiger partial charge in [0.25, 0.3) is 0 Å². The van der Waals surface area contributed by atoms with E-state index in [0.717, 1.165) is 0 Å². The molecule has 19 heavy (non-hydrogen) atoms. The van der Waals surface area contributed by atoms with Gasteiger partial charge in [-0.1, -0.05) is 0 Å². The zero-order valence-corrected chi connectivity index (χ0v) is 12.0. The average Bonchev–Trinajstić information content (AvgIpc) is 2.43. The van der Waals surface area contributed by atoms with E-state index in [4.69, 9.17) is 9.47 Å². The van der Waals surface area contributed by atoms with Crippen molar-refractivity contribution in [1.82, 2.24) is 10.2 Å². The largest absolute Gasteiger partial charge is 0.469 e. The lowest BCUT2D eigenvalue weighted by atomic mass is 9.94. The molecule has 1 fully saturated rings. The van der Waals surface area contributed by atoms with Gasteiger partial charge in [-0.3, -0.25) is 9.59 Å². The molecule has 1 heterocycles. The molecule has 1 aliphatic heterocycles. The number of esters is 1. The highest BCUT2D eigenvalue weighted by atomic mass is 16.5. The topological polar surface area (TPSA) is 67.9 Å². The van der Waals surface area contributed by atoms with Gasteiger partial charge in [-0.15, -0.1) is 0 Å². The summed E-state index contributed by atoms with van der Waals surface area (Å²) in [5.74, 6) is -0.119. The summed E-state index contributed by atoms with van der Waals surface area (Å²) in [5.41, 5.74) is -0.573. The van der Waals surface area contributed by atoms with Crippen molar-refractivity contribution in [3.63, 3.8) is 0 Å². The quantitative estimate of drug-likeness (QED) is 0.545. The van der Waals surface area contributed by atoms with Gasteiger partial charge in [0.1, 0.15) is 0 Å². The number of rotatable bonds is 6. The number of hydrogen-bond donors (Lipinski definition) is 1. The van der Waals surface area contributed by atoms with E-state index < -0.39 is 5.41 Å². The molecule has 0 aromatic heterocycles. The van der Waals surface area contributed by atoms with Crippen molar-refractivity contribution in [3.05, 3.63) is 0 Å². The van der Waals surface area contributed by atoms with E-state index in [9.17, 15) is 9.59 Å². The van der Waals surface area contributed by atoms with Crippen LogP contribution in [0.4, 0.5) is 0 Å². The van der Waals surface area contributed by atoms with Crippen LogP contribution in [0.15, 0.2) is 0 Å². The number of nitrogens with zero attached hydrogens (tertiary/aromatic N) is 1. The first-order valence-electron chi connectivity index (χ1n) is 6.62. The second-order valence-electron chi connectivity index (χ2n) is 5.30. The van der Waals surface area contributed by atoms with E-state index in [2.05, 4.69) is 5.32 Å². The number of methoxy groups -OCH3 is 1. The number of nitrogens with one attached hydrogen (secondary N) is 1. The molecule has 1 saturated heterocycles. The number of carbonyl (C=O) groups excluding carboxylic acids is 2. The van der Waals surface area contributed by atoms with Crippen LogP contribution in [0.3, 0.4) is 0 Å². The minimum absolute atomic E-state index is 0.131. The Hall–Kier alpha value is -1.14. The first kappa shape index (κ1) is 15.9. The van der Waals surface area contributed by atoms with Gasteiger partial charge < -0.3 is 19.7 Å². The van der Waals surface area contributed by atoms with E-state index in [1.807, 2.05) is 18.7 Å².